The number of rotatable bonds is 4. The summed E-state index contributed by atoms with van der Waals surface area (Å²) in [7, 11) is 1.43. The van der Waals surface area contributed by atoms with E-state index < -0.39 is 5.82 Å². The molecule has 0 aliphatic carbocycles. The number of hydrogen-bond acceptors (Lipinski definition) is 3. The van der Waals surface area contributed by atoms with Gasteiger partial charge in [0.05, 0.1) is 13.2 Å². The van der Waals surface area contributed by atoms with Gasteiger partial charge in [0.2, 0.25) is 0 Å². The number of aryl methyl sites for hydroxylation is 1. The summed E-state index contributed by atoms with van der Waals surface area (Å²) in [6, 6.07) is 10.0. The van der Waals surface area contributed by atoms with Crippen molar-refractivity contribution in [3.05, 3.63) is 53.3 Å². The Bertz CT molecular complexity index is 613. The van der Waals surface area contributed by atoms with E-state index in [1.54, 1.807) is 18.2 Å². The molecule has 0 aliphatic rings. The fourth-order valence-corrected chi connectivity index (χ4v) is 2.10. The highest BCUT2D eigenvalue weighted by Gasteiger charge is 2.11. The first kappa shape index (κ1) is 14.2. The van der Waals surface area contributed by atoms with Crippen molar-refractivity contribution in [3.63, 3.8) is 0 Å². The van der Waals surface area contributed by atoms with Crippen molar-refractivity contribution in [2.24, 2.45) is 0 Å². The molecule has 0 spiro atoms. The smallest absolute Gasteiger partial charge is 0.165 e. The van der Waals surface area contributed by atoms with Crippen LogP contribution in [-0.2, 0) is 0 Å². The Balaban J connectivity index is 2.21. The monoisotopic (exact) mass is 275 g/mol. The summed E-state index contributed by atoms with van der Waals surface area (Å²) in [5.74, 6) is 0.0401. The highest BCUT2D eigenvalue weighted by molar-refractivity contribution is 5.51. The zero-order valence-electron chi connectivity index (χ0n) is 11.8. The van der Waals surface area contributed by atoms with Crippen molar-refractivity contribution in [3.8, 4) is 11.5 Å². The number of aromatic hydroxyl groups is 1. The molecule has 0 heterocycles. The summed E-state index contributed by atoms with van der Waals surface area (Å²) in [6.45, 7) is 3.85. The standard InChI is InChI=1S/C16H18FNO2/c1-10-4-6-13(15(19)8-10)11(2)18-12-5-7-14(17)16(9-12)20-3/h4-9,11,18-19H,1-3H3. The predicted molar refractivity (Wildman–Crippen MR) is 77.8 cm³/mol. The van der Waals surface area contributed by atoms with Crippen LogP contribution in [0.25, 0.3) is 0 Å². The molecule has 2 N–H and O–H groups in total. The second-order valence-corrected chi connectivity index (χ2v) is 4.78. The average Bonchev–Trinajstić information content (AvgIpc) is 2.40. The molecule has 0 saturated carbocycles. The minimum absolute atomic E-state index is 0.106. The molecule has 0 fully saturated rings. The van der Waals surface area contributed by atoms with E-state index in [4.69, 9.17) is 4.74 Å². The van der Waals surface area contributed by atoms with Crippen LogP contribution in [0.5, 0.6) is 11.5 Å². The number of anilines is 1. The van der Waals surface area contributed by atoms with Crippen LogP contribution in [0.15, 0.2) is 36.4 Å². The zero-order chi connectivity index (χ0) is 14.7. The van der Waals surface area contributed by atoms with Crippen LogP contribution in [0.3, 0.4) is 0 Å². The molecule has 0 amide bonds. The lowest BCUT2D eigenvalue weighted by Crippen LogP contribution is -2.07. The molecule has 0 aromatic heterocycles. The third-order valence-electron chi connectivity index (χ3n) is 3.19. The lowest BCUT2D eigenvalue weighted by atomic mass is 10.0. The van der Waals surface area contributed by atoms with Gasteiger partial charge in [-0.3, -0.25) is 0 Å². The molecule has 0 radical (unpaired) electrons. The van der Waals surface area contributed by atoms with Crippen LogP contribution in [0.2, 0.25) is 0 Å². The van der Waals surface area contributed by atoms with Gasteiger partial charge in [0.1, 0.15) is 5.75 Å². The Morgan fingerprint density at radius 3 is 2.60 bits per heavy atom. The maximum Gasteiger partial charge on any atom is 0.165 e. The topological polar surface area (TPSA) is 41.5 Å². The van der Waals surface area contributed by atoms with Gasteiger partial charge in [-0.15, -0.1) is 0 Å². The number of halogens is 1. The molecule has 2 aromatic rings. The highest BCUT2D eigenvalue weighted by Crippen LogP contribution is 2.29. The second-order valence-electron chi connectivity index (χ2n) is 4.78. The lowest BCUT2D eigenvalue weighted by Gasteiger charge is -2.18. The normalized spacial score (nSPS) is 12.0. The predicted octanol–water partition coefficient (Wildman–Crippen LogP) is 4.02. The van der Waals surface area contributed by atoms with E-state index >= 15 is 0 Å². The van der Waals surface area contributed by atoms with Crippen molar-refractivity contribution in [1.82, 2.24) is 0 Å². The minimum atomic E-state index is -0.399. The van der Waals surface area contributed by atoms with Gasteiger partial charge in [-0.05, 0) is 37.6 Å². The molecule has 20 heavy (non-hydrogen) atoms. The fourth-order valence-electron chi connectivity index (χ4n) is 2.10. The number of nitrogens with one attached hydrogen (secondary N) is 1. The lowest BCUT2D eigenvalue weighted by molar-refractivity contribution is 0.386. The van der Waals surface area contributed by atoms with Gasteiger partial charge in [0.25, 0.3) is 0 Å². The van der Waals surface area contributed by atoms with Crippen LogP contribution in [-0.4, -0.2) is 12.2 Å². The molecule has 1 atom stereocenters. The van der Waals surface area contributed by atoms with Crippen LogP contribution >= 0.6 is 0 Å². The number of phenols is 1. The number of benzene rings is 2. The van der Waals surface area contributed by atoms with Crippen LogP contribution in [0, 0.1) is 12.7 Å². The van der Waals surface area contributed by atoms with Gasteiger partial charge in [-0.2, -0.15) is 0 Å². The van der Waals surface area contributed by atoms with Crippen molar-refractivity contribution in [2.45, 2.75) is 19.9 Å². The van der Waals surface area contributed by atoms with Gasteiger partial charge < -0.3 is 15.2 Å². The molecular formula is C16H18FNO2. The van der Waals surface area contributed by atoms with E-state index in [1.165, 1.54) is 13.2 Å². The summed E-state index contributed by atoms with van der Waals surface area (Å²) in [5, 5.41) is 13.2. The first-order valence-corrected chi connectivity index (χ1v) is 6.41. The Morgan fingerprint density at radius 1 is 1.20 bits per heavy atom. The molecule has 0 bridgehead atoms. The highest BCUT2D eigenvalue weighted by atomic mass is 19.1. The molecular weight excluding hydrogens is 257 g/mol. The summed E-state index contributed by atoms with van der Waals surface area (Å²) in [5.41, 5.74) is 2.52. The van der Waals surface area contributed by atoms with Crippen molar-refractivity contribution < 1.29 is 14.2 Å². The molecule has 4 heteroatoms. The first-order valence-electron chi connectivity index (χ1n) is 6.41. The molecule has 0 aliphatic heterocycles. The van der Waals surface area contributed by atoms with Crippen LogP contribution < -0.4 is 10.1 Å². The maximum absolute atomic E-state index is 13.3. The molecule has 0 saturated heterocycles. The van der Waals surface area contributed by atoms with E-state index in [2.05, 4.69) is 5.32 Å². The van der Waals surface area contributed by atoms with Crippen molar-refractivity contribution >= 4 is 5.69 Å². The third kappa shape index (κ3) is 3.02. The van der Waals surface area contributed by atoms with Gasteiger partial charge in [0, 0.05) is 17.3 Å². The second kappa shape index (κ2) is 5.82. The van der Waals surface area contributed by atoms with Crippen LogP contribution in [0.1, 0.15) is 24.1 Å². The Hall–Kier alpha value is -2.23. The molecule has 2 rings (SSSR count). The summed E-state index contributed by atoms with van der Waals surface area (Å²) in [6.07, 6.45) is 0. The van der Waals surface area contributed by atoms with E-state index in [0.29, 0.717) is 0 Å². The van der Waals surface area contributed by atoms with E-state index in [0.717, 1.165) is 16.8 Å². The molecule has 106 valence electrons. The molecule has 3 nitrogen and oxygen atoms in total. The van der Waals surface area contributed by atoms with E-state index in [9.17, 15) is 9.50 Å². The molecule has 2 aromatic carbocycles. The maximum atomic E-state index is 13.3. The number of phenolic OH excluding ortho intramolecular Hbond substituents is 1. The minimum Gasteiger partial charge on any atom is -0.508 e. The van der Waals surface area contributed by atoms with Crippen molar-refractivity contribution in [1.29, 1.82) is 0 Å². The summed E-state index contributed by atoms with van der Waals surface area (Å²) in [4.78, 5) is 0. The number of ether oxygens (including phenoxy) is 1. The SMILES string of the molecule is COc1cc(NC(C)c2ccc(C)cc2O)ccc1F. The Labute approximate surface area is 118 Å². The zero-order valence-corrected chi connectivity index (χ0v) is 11.8. The Kier molecular flexibility index (Phi) is 4.13. The fraction of sp³-hybridized carbons (Fsp3) is 0.250. The van der Waals surface area contributed by atoms with Gasteiger partial charge in [-0.25, -0.2) is 4.39 Å². The third-order valence-corrected chi connectivity index (χ3v) is 3.19. The quantitative estimate of drug-likeness (QED) is 0.885. The van der Waals surface area contributed by atoms with Gasteiger partial charge in [-0.1, -0.05) is 12.1 Å². The van der Waals surface area contributed by atoms with E-state index in [1.807, 2.05) is 26.0 Å². The van der Waals surface area contributed by atoms with Crippen LogP contribution in [0.4, 0.5) is 10.1 Å². The number of hydrogen-bond donors (Lipinski definition) is 2. The summed E-state index contributed by atoms with van der Waals surface area (Å²) >= 11 is 0. The van der Waals surface area contributed by atoms with Gasteiger partial charge in [0.15, 0.2) is 11.6 Å². The number of methoxy groups -OCH3 is 1. The molecule has 1 unspecified atom stereocenters. The van der Waals surface area contributed by atoms with Crippen molar-refractivity contribution in [2.75, 3.05) is 12.4 Å². The van der Waals surface area contributed by atoms with E-state index in [-0.39, 0.29) is 17.5 Å². The first-order chi connectivity index (χ1) is 9.51. The average molecular weight is 275 g/mol. The summed E-state index contributed by atoms with van der Waals surface area (Å²) < 4.78 is 18.3. The largest absolute Gasteiger partial charge is 0.508 e. The van der Waals surface area contributed by atoms with Gasteiger partial charge >= 0.3 is 0 Å². The Morgan fingerprint density at radius 2 is 1.95 bits per heavy atom.